The number of aryl methyl sites for hydroxylation is 1. The molecule has 1 amide bonds. The predicted octanol–water partition coefficient (Wildman–Crippen LogP) is 2.19. The molecule has 0 aliphatic carbocycles. The zero-order valence-electron chi connectivity index (χ0n) is 11.5. The van der Waals surface area contributed by atoms with Crippen molar-refractivity contribution in [2.75, 3.05) is 18.5 Å². The van der Waals surface area contributed by atoms with E-state index in [1.165, 1.54) is 0 Å². The standard InChI is InChI=1S/C14H21ClN2O2/c1-9-4-5-12(15)6-13(9)17-14(19)7-16-11(3)10(2)8-18/h4-6,10-11,16,18H,7-8H2,1-3H3,(H,17,19). The van der Waals surface area contributed by atoms with Gasteiger partial charge in [-0.05, 0) is 37.5 Å². The van der Waals surface area contributed by atoms with Crippen molar-refractivity contribution in [2.24, 2.45) is 5.92 Å². The highest BCUT2D eigenvalue weighted by molar-refractivity contribution is 6.31. The second-order valence-corrected chi connectivity index (χ2v) is 5.27. The van der Waals surface area contributed by atoms with Crippen LogP contribution in [0.25, 0.3) is 0 Å². The Bertz CT molecular complexity index is 437. The first-order valence-corrected chi connectivity index (χ1v) is 6.72. The summed E-state index contributed by atoms with van der Waals surface area (Å²) in [7, 11) is 0. The molecule has 2 atom stereocenters. The number of aliphatic hydroxyl groups is 1. The number of carbonyl (C=O) groups excluding carboxylic acids is 1. The fourth-order valence-electron chi connectivity index (χ4n) is 1.54. The van der Waals surface area contributed by atoms with Crippen LogP contribution in [0.2, 0.25) is 5.02 Å². The Morgan fingerprint density at radius 3 is 2.74 bits per heavy atom. The molecule has 0 bridgehead atoms. The van der Waals surface area contributed by atoms with Gasteiger partial charge in [0.2, 0.25) is 5.91 Å². The number of nitrogens with one attached hydrogen (secondary N) is 2. The zero-order valence-corrected chi connectivity index (χ0v) is 12.3. The zero-order chi connectivity index (χ0) is 14.4. The van der Waals surface area contributed by atoms with Gasteiger partial charge < -0.3 is 15.7 Å². The molecule has 0 fully saturated rings. The summed E-state index contributed by atoms with van der Waals surface area (Å²) in [5.74, 6) is -0.0111. The van der Waals surface area contributed by atoms with Gasteiger partial charge in [0.25, 0.3) is 0 Å². The molecule has 0 aliphatic rings. The number of halogens is 1. The summed E-state index contributed by atoms with van der Waals surface area (Å²) in [4.78, 5) is 11.8. The summed E-state index contributed by atoms with van der Waals surface area (Å²) in [5.41, 5.74) is 1.69. The fourth-order valence-corrected chi connectivity index (χ4v) is 1.71. The van der Waals surface area contributed by atoms with Crippen LogP contribution in [0.3, 0.4) is 0 Å². The summed E-state index contributed by atoms with van der Waals surface area (Å²) in [6.45, 7) is 6.09. The Morgan fingerprint density at radius 1 is 1.42 bits per heavy atom. The molecule has 3 N–H and O–H groups in total. The maximum atomic E-state index is 11.8. The first kappa shape index (κ1) is 16.0. The monoisotopic (exact) mass is 284 g/mol. The Morgan fingerprint density at radius 2 is 2.11 bits per heavy atom. The lowest BCUT2D eigenvalue weighted by atomic mass is 10.1. The molecule has 0 saturated heterocycles. The van der Waals surface area contributed by atoms with Gasteiger partial charge in [0, 0.05) is 23.4 Å². The number of rotatable bonds is 6. The lowest BCUT2D eigenvalue weighted by molar-refractivity contribution is -0.115. The summed E-state index contributed by atoms with van der Waals surface area (Å²) >= 11 is 5.89. The minimum Gasteiger partial charge on any atom is -0.396 e. The molecule has 19 heavy (non-hydrogen) atoms. The molecule has 0 heterocycles. The van der Waals surface area contributed by atoms with Gasteiger partial charge in [0.15, 0.2) is 0 Å². The molecular weight excluding hydrogens is 264 g/mol. The Balaban J connectivity index is 2.49. The number of aliphatic hydroxyl groups excluding tert-OH is 1. The molecule has 1 rings (SSSR count). The van der Waals surface area contributed by atoms with Crippen molar-refractivity contribution in [3.05, 3.63) is 28.8 Å². The molecular formula is C14H21ClN2O2. The van der Waals surface area contributed by atoms with Crippen molar-refractivity contribution < 1.29 is 9.90 Å². The Labute approximate surface area is 119 Å². The molecule has 5 heteroatoms. The Hall–Kier alpha value is -1.10. The van der Waals surface area contributed by atoms with E-state index >= 15 is 0 Å². The topological polar surface area (TPSA) is 61.4 Å². The van der Waals surface area contributed by atoms with Gasteiger partial charge in [0.1, 0.15) is 0 Å². The van der Waals surface area contributed by atoms with Crippen LogP contribution in [0.15, 0.2) is 18.2 Å². The molecule has 2 unspecified atom stereocenters. The van der Waals surface area contributed by atoms with E-state index in [0.29, 0.717) is 5.02 Å². The quantitative estimate of drug-likeness (QED) is 0.750. The lowest BCUT2D eigenvalue weighted by Gasteiger charge is -2.19. The molecule has 0 spiro atoms. The number of anilines is 1. The maximum Gasteiger partial charge on any atom is 0.238 e. The van der Waals surface area contributed by atoms with E-state index in [9.17, 15) is 4.79 Å². The molecule has 0 aromatic heterocycles. The first-order valence-electron chi connectivity index (χ1n) is 6.34. The largest absolute Gasteiger partial charge is 0.396 e. The van der Waals surface area contributed by atoms with Gasteiger partial charge in [-0.1, -0.05) is 24.6 Å². The SMILES string of the molecule is Cc1ccc(Cl)cc1NC(=O)CNC(C)C(C)CO. The molecule has 4 nitrogen and oxygen atoms in total. The number of amides is 1. The molecule has 1 aromatic rings. The first-order chi connectivity index (χ1) is 8.93. The van der Waals surface area contributed by atoms with Gasteiger partial charge in [0.05, 0.1) is 6.54 Å². The minimum absolute atomic E-state index is 0.0798. The average Bonchev–Trinajstić information content (AvgIpc) is 2.39. The van der Waals surface area contributed by atoms with Crippen molar-refractivity contribution in [1.82, 2.24) is 5.32 Å². The van der Waals surface area contributed by atoms with E-state index in [1.54, 1.807) is 12.1 Å². The fraction of sp³-hybridized carbons (Fsp3) is 0.500. The Kier molecular flexibility index (Phi) is 6.28. The molecule has 106 valence electrons. The van der Waals surface area contributed by atoms with Gasteiger partial charge >= 0.3 is 0 Å². The number of carbonyl (C=O) groups is 1. The van der Waals surface area contributed by atoms with Crippen LogP contribution in [-0.2, 0) is 4.79 Å². The van der Waals surface area contributed by atoms with Crippen molar-refractivity contribution in [3.63, 3.8) is 0 Å². The van der Waals surface area contributed by atoms with Crippen molar-refractivity contribution in [3.8, 4) is 0 Å². The third-order valence-electron chi connectivity index (χ3n) is 3.20. The average molecular weight is 285 g/mol. The van der Waals surface area contributed by atoms with E-state index in [1.807, 2.05) is 26.8 Å². The van der Waals surface area contributed by atoms with Crippen molar-refractivity contribution >= 4 is 23.2 Å². The smallest absolute Gasteiger partial charge is 0.238 e. The summed E-state index contributed by atoms with van der Waals surface area (Å²) in [6.07, 6.45) is 0. The van der Waals surface area contributed by atoms with Crippen LogP contribution >= 0.6 is 11.6 Å². The predicted molar refractivity (Wildman–Crippen MR) is 78.5 cm³/mol. The lowest BCUT2D eigenvalue weighted by Crippen LogP contribution is -2.39. The van der Waals surface area contributed by atoms with Crippen LogP contribution in [0.5, 0.6) is 0 Å². The molecule has 1 aromatic carbocycles. The summed E-state index contributed by atoms with van der Waals surface area (Å²) in [6, 6.07) is 5.46. The van der Waals surface area contributed by atoms with Gasteiger partial charge in [-0.25, -0.2) is 0 Å². The molecule has 0 aliphatic heterocycles. The second kappa shape index (κ2) is 7.48. The van der Waals surface area contributed by atoms with Gasteiger partial charge in [-0.15, -0.1) is 0 Å². The van der Waals surface area contributed by atoms with Crippen LogP contribution in [-0.4, -0.2) is 30.2 Å². The van der Waals surface area contributed by atoms with E-state index in [-0.39, 0.29) is 31.0 Å². The van der Waals surface area contributed by atoms with Crippen molar-refractivity contribution in [2.45, 2.75) is 26.8 Å². The summed E-state index contributed by atoms with van der Waals surface area (Å²) < 4.78 is 0. The van der Waals surface area contributed by atoms with Crippen LogP contribution in [0.4, 0.5) is 5.69 Å². The van der Waals surface area contributed by atoms with Crippen molar-refractivity contribution in [1.29, 1.82) is 0 Å². The number of benzene rings is 1. The van der Waals surface area contributed by atoms with Crippen LogP contribution in [0.1, 0.15) is 19.4 Å². The molecule has 0 saturated carbocycles. The second-order valence-electron chi connectivity index (χ2n) is 4.84. The third-order valence-corrected chi connectivity index (χ3v) is 3.43. The normalized spacial score (nSPS) is 13.9. The minimum atomic E-state index is -0.123. The van der Waals surface area contributed by atoms with E-state index < -0.39 is 0 Å². The van der Waals surface area contributed by atoms with Gasteiger partial charge in [-0.3, -0.25) is 4.79 Å². The number of hydrogen-bond acceptors (Lipinski definition) is 3. The number of hydrogen-bond donors (Lipinski definition) is 3. The highest BCUT2D eigenvalue weighted by Gasteiger charge is 2.12. The van der Waals surface area contributed by atoms with Gasteiger partial charge in [-0.2, -0.15) is 0 Å². The summed E-state index contributed by atoms with van der Waals surface area (Å²) in [5, 5.41) is 15.5. The van der Waals surface area contributed by atoms with E-state index in [4.69, 9.17) is 16.7 Å². The molecule has 0 radical (unpaired) electrons. The van der Waals surface area contributed by atoms with Crippen LogP contribution in [0, 0.1) is 12.8 Å². The van der Waals surface area contributed by atoms with E-state index in [2.05, 4.69) is 10.6 Å². The highest BCUT2D eigenvalue weighted by atomic mass is 35.5. The van der Waals surface area contributed by atoms with E-state index in [0.717, 1.165) is 11.3 Å². The highest BCUT2D eigenvalue weighted by Crippen LogP contribution is 2.19. The maximum absolute atomic E-state index is 11.8. The third kappa shape index (κ3) is 5.19. The van der Waals surface area contributed by atoms with Crippen LogP contribution < -0.4 is 10.6 Å².